The third-order valence-corrected chi connectivity index (χ3v) is 8.32. The van der Waals surface area contributed by atoms with E-state index < -0.39 is 8.07 Å². The van der Waals surface area contributed by atoms with E-state index in [0.29, 0.717) is 0 Å². The first-order valence-electron chi connectivity index (χ1n) is 5.18. The molecule has 0 spiro atoms. The summed E-state index contributed by atoms with van der Waals surface area (Å²) in [5.41, 5.74) is 1.20. The van der Waals surface area contributed by atoms with Gasteiger partial charge in [0.1, 0.15) is 0 Å². The molecule has 1 saturated carbocycles. The molecular formula is C10H20Si. The smallest absolute Gasteiger partial charge is 0.0507 e. The molecule has 2 bridgehead atoms. The Labute approximate surface area is 71.4 Å². The lowest BCUT2D eigenvalue weighted by molar-refractivity contribution is 0.530. The summed E-state index contributed by atoms with van der Waals surface area (Å²) in [5.74, 6) is 1.16. The van der Waals surface area contributed by atoms with E-state index in [1.165, 1.54) is 18.4 Å². The van der Waals surface area contributed by atoms with Gasteiger partial charge in [-0.15, -0.1) is 0 Å². The quantitative estimate of drug-likeness (QED) is 0.484. The summed E-state index contributed by atoms with van der Waals surface area (Å²) in [5, 5.41) is 0. The molecule has 1 heterocycles. The molecule has 0 aromatic heterocycles. The molecule has 11 heavy (non-hydrogen) atoms. The maximum atomic E-state index is 2.61. The van der Waals surface area contributed by atoms with Gasteiger partial charge in [-0.2, -0.15) is 0 Å². The number of hydrogen-bond donors (Lipinski definition) is 0. The number of hydrogen-bond acceptors (Lipinski definition) is 0. The lowest BCUT2D eigenvalue weighted by atomic mass is 10.0. The molecule has 2 rings (SSSR count). The Morgan fingerprint density at radius 1 is 1.09 bits per heavy atom. The second-order valence-electron chi connectivity index (χ2n) is 5.28. The number of fused-ring (bicyclic) bond motifs is 2. The summed E-state index contributed by atoms with van der Waals surface area (Å²) >= 11 is 0. The van der Waals surface area contributed by atoms with E-state index in [2.05, 4.69) is 13.1 Å². The molecule has 0 radical (unpaired) electrons. The van der Waals surface area contributed by atoms with Crippen LogP contribution in [0.3, 0.4) is 0 Å². The molecule has 1 aliphatic carbocycles. The highest BCUT2D eigenvalue weighted by molar-refractivity contribution is 6.79. The highest BCUT2D eigenvalue weighted by Crippen LogP contribution is 2.49. The monoisotopic (exact) mass is 168 g/mol. The number of rotatable bonds is 0. The standard InChI is InChI=1S/C10H20Si/c1-11(2)8-9-5-3-4-6-10(11)7-9/h9-10H,3-8H2,1-2H3. The summed E-state index contributed by atoms with van der Waals surface area (Å²) in [6.07, 6.45) is 7.82. The Morgan fingerprint density at radius 3 is 2.64 bits per heavy atom. The third kappa shape index (κ3) is 1.40. The summed E-state index contributed by atoms with van der Waals surface area (Å²) in [4.78, 5) is 0. The lowest BCUT2D eigenvalue weighted by Crippen LogP contribution is -2.27. The van der Waals surface area contributed by atoms with E-state index in [1.807, 2.05) is 0 Å². The largest absolute Gasteiger partial charge is 0.0691 e. The van der Waals surface area contributed by atoms with Crippen LogP contribution in [0.4, 0.5) is 0 Å². The van der Waals surface area contributed by atoms with Gasteiger partial charge in [-0.05, 0) is 11.5 Å². The first-order valence-corrected chi connectivity index (χ1v) is 8.47. The van der Waals surface area contributed by atoms with Crippen molar-refractivity contribution in [3.63, 3.8) is 0 Å². The van der Waals surface area contributed by atoms with Crippen molar-refractivity contribution in [1.82, 2.24) is 0 Å². The van der Waals surface area contributed by atoms with Crippen molar-refractivity contribution in [3.8, 4) is 0 Å². The van der Waals surface area contributed by atoms with Crippen LogP contribution in [0.25, 0.3) is 0 Å². The zero-order valence-corrected chi connectivity index (χ0v) is 8.90. The Hall–Kier alpha value is 0.217. The van der Waals surface area contributed by atoms with Crippen molar-refractivity contribution >= 4 is 8.07 Å². The van der Waals surface area contributed by atoms with E-state index in [9.17, 15) is 0 Å². The van der Waals surface area contributed by atoms with Gasteiger partial charge in [-0.3, -0.25) is 0 Å². The molecule has 2 atom stereocenters. The normalized spacial score (nSPS) is 42.0. The molecule has 1 saturated heterocycles. The second-order valence-corrected chi connectivity index (χ2v) is 10.5. The van der Waals surface area contributed by atoms with Crippen molar-refractivity contribution < 1.29 is 0 Å². The van der Waals surface area contributed by atoms with Crippen molar-refractivity contribution in [2.45, 2.75) is 56.8 Å². The van der Waals surface area contributed by atoms with Gasteiger partial charge in [-0.25, -0.2) is 0 Å². The van der Waals surface area contributed by atoms with Crippen LogP contribution < -0.4 is 0 Å². The molecule has 2 aliphatic rings. The fourth-order valence-corrected chi connectivity index (χ4v) is 7.42. The summed E-state index contributed by atoms with van der Waals surface area (Å²) in [6.45, 7) is 5.23. The van der Waals surface area contributed by atoms with Gasteiger partial charge >= 0.3 is 0 Å². The molecule has 0 aromatic rings. The Morgan fingerprint density at radius 2 is 1.82 bits per heavy atom. The average molecular weight is 168 g/mol. The first kappa shape index (κ1) is 7.84. The van der Waals surface area contributed by atoms with Gasteiger partial charge < -0.3 is 0 Å². The van der Waals surface area contributed by atoms with Gasteiger partial charge in [-0.1, -0.05) is 51.2 Å². The fourth-order valence-electron chi connectivity index (χ4n) is 3.27. The van der Waals surface area contributed by atoms with Crippen LogP contribution in [0.2, 0.25) is 24.7 Å². The van der Waals surface area contributed by atoms with Gasteiger partial charge in [0.2, 0.25) is 0 Å². The van der Waals surface area contributed by atoms with Gasteiger partial charge in [0.25, 0.3) is 0 Å². The lowest BCUT2D eigenvalue weighted by Gasteiger charge is -2.25. The predicted molar refractivity (Wildman–Crippen MR) is 52.6 cm³/mol. The molecule has 1 aliphatic heterocycles. The van der Waals surface area contributed by atoms with Crippen LogP contribution in [0.5, 0.6) is 0 Å². The summed E-state index contributed by atoms with van der Waals surface area (Å²) < 4.78 is 0. The van der Waals surface area contributed by atoms with E-state index in [4.69, 9.17) is 0 Å². The van der Waals surface area contributed by atoms with E-state index in [1.54, 1.807) is 25.3 Å². The maximum Gasteiger partial charge on any atom is 0.0507 e. The molecule has 64 valence electrons. The highest BCUT2D eigenvalue weighted by Gasteiger charge is 2.42. The topological polar surface area (TPSA) is 0 Å². The Kier molecular flexibility index (Phi) is 1.87. The zero-order chi connectivity index (χ0) is 7.90. The average Bonchev–Trinajstić information content (AvgIpc) is 2.18. The first-order chi connectivity index (χ1) is 5.18. The molecule has 0 nitrogen and oxygen atoms in total. The SMILES string of the molecule is C[Si]1(C)CC2CCCCC1C2. The van der Waals surface area contributed by atoms with Crippen LogP contribution in [0.15, 0.2) is 0 Å². The van der Waals surface area contributed by atoms with Gasteiger partial charge in [0.15, 0.2) is 0 Å². The maximum absolute atomic E-state index is 2.61. The third-order valence-electron chi connectivity index (χ3n) is 3.95. The van der Waals surface area contributed by atoms with Crippen molar-refractivity contribution in [2.24, 2.45) is 5.92 Å². The molecule has 0 aromatic carbocycles. The molecule has 2 unspecified atom stereocenters. The Bertz CT molecular complexity index is 151. The van der Waals surface area contributed by atoms with Crippen molar-refractivity contribution in [1.29, 1.82) is 0 Å². The fraction of sp³-hybridized carbons (Fsp3) is 1.00. The minimum atomic E-state index is -0.702. The van der Waals surface area contributed by atoms with Crippen molar-refractivity contribution in [3.05, 3.63) is 0 Å². The van der Waals surface area contributed by atoms with Gasteiger partial charge in [0.05, 0.1) is 8.07 Å². The zero-order valence-electron chi connectivity index (χ0n) is 7.90. The van der Waals surface area contributed by atoms with E-state index in [0.717, 1.165) is 5.92 Å². The molecular weight excluding hydrogens is 148 g/mol. The predicted octanol–water partition coefficient (Wildman–Crippen LogP) is 3.66. The minimum Gasteiger partial charge on any atom is -0.0691 e. The molecule has 0 amide bonds. The highest BCUT2D eigenvalue weighted by atomic mass is 28.3. The van der Waals surface area contributed by atoms with Crippen LogP contribution in [0, 0.1) is 5.92 Å². The molecule has 0 N–H and O–H groups in total. The van der Waals surface area contributed by atoms with Crippen LogP contribution in [-0.4, -0.2) is 8.07 Å². The van der Waals surface area contributed by atoms with Crippen LogP contribution in [-0.2, 0) is 0 Å². The van der Waals surface area contributed by atoms with E-state index >= 15 is 0 Å². The van der Waals surface area contributed by atoms with Crippen molar-refractivity contribution in [2.75, 3.05) is 0 Å². The van der Waals surface area contributed by atoms with Crippen LogP contribution in [0.1, 0.15) is 32.1 Å². The van der Waals surface area contributed by atoms with Gasteiger partial charge in [0, 0.05) is 0 Å². The summed E-state index contributed by atoms with van der Waals surface area (Å²) in [7, 11) is -0.702. The molecule has 1 heteroatoms. The summed E-state index contributed by atoms with van der Waals surface area (Å²) in [6, 6.07) is 1.65. The Balaban J connectivity index is 2.11. The van der Waals surface area contributed by atoms with E-state index in [-0.39, 0.29) is 0 Å². The van der Waals surface area contributed by atoms with Crippen LogP contribution >= 0.6 is 0 Å². The minimum absolute atomic E-state index is 0.702. The molecule has 2 fully saturated rings. The second kappa shape index (κ2) is 2.62.